The van der Waals surface area contributed by atoms with Gasteiger partial charge in [-0.1, -0.05) is 20.8 Å². The second-order valence-electron chi connectivity index (χ2n) is 8.08. The molecule has 1 aromatic heterocycles. The molecule has 0 spiro atoms. The SMILES string of the molecule is CCc1c(NC(=O)N2CCC[C@H]3CN(C)CC[C@@H]32)cnn1CC(C)C. The van der Waals surface area contributed by atoms with Gasteiger partial charge >= 0.3 is 6.03 Å². The molecule has 0 bridgehead atoms. The van der Waals surface area contributed by atoms with E-state index >= 15 is 0 Å². The molecule has 1 N–H and O–H groups in total. The average molecular weight is 348 g/mol. The van der Waals surface area contributed by atoms with Gasteiger partial charge in [-0.05, 0) is 51.1 Å². The zero-order valence-corrected chi connectivity index (χ0v) is 16.2. The van der Waals surface area contributed by atoms with Crippen LogP contribution in [0.25, 0.3) is 0 Å². The number of nitrogens with one attached hydrogen (secondary N) is 1. The molecule has 6 nitrogen and oxygen atoms in total. The molecular weight excluding hydrogens is 314 g/mol. The van der Waals surface area contributed by atoms with Crippen LogP contribution in [-0.4, -0.2) is 58.3 Å². The molecular formula is C19H33N5O. The lowest BCUT2D eigenvalue weighted by Crippen LogP contribution is -2.56. The molecule has 6 heteroatoms. The fourth-order valence-corrected chi connectivity index (χ4v) is 4.42. The van der Waals surface area contributed by atoms with Crippen LogP contribution in [0.5, 0.6) is 0 Å². The normalized spacial score (nSPS) is 24.4. The van der Waals surface area contributed by atoms with E-state index in [9.17, 15) is 4.79 Å². The third-order valence-corrected chi connectivity index (χ3v) is 5.60. The van der Waals surface area contributed by atoms with Crippen molar-refractivity contribution in [3.05, 3.63) is 11.9 Å². The number of urea groups is 1. The summed E-state index contributed by atoms with van der Waals surface area (Å²) in [6.07, 6.45) is 6.12. The molecule has 1 aromatic rings. The van der Waals surface area contributed by atoms with Crippen molar-refractivity contribution in [1.29, 1.82) is 0 Å². The molecule has 3 rings (SSSR count). The highest BCUT2D eigenvalue weighted by molar-refractivity contribution is 5.90. The molecule has 0 radical (unpaired) electrons. The van der Waals surface area contributed by atoms with Gasteiger partial charge in [0.1, 0.15) is 0 Å². The maximum Gasteiger partial charge on any atom is 0.322 e. The smallest absolute Gasteiger partial charge is 0.321 e. The Labute approximate surface area is 151 Å². The quantitative estimate of drug-likeness (QED) is 0.911. The lowest BCUT2D eigenvalue weighted by Gasteiger charge is -2.46. The maximum atomic E-state index is 13.0. The third kappa shape index (κ3) is 4.00. The van der Waals surface area contributed by atoms with Crippen LogP contribution in [0.15, 0.2) is 6.20 Å². The summed E-state index contributed by atoms with van der Waals surface area (Å²) < 4.78 is 2.04. The zero-order valence-electron chi connectivity index (χ0n) is 16.2. The van der Waals surface area contributed by atoms with Crippen molar-refractivity contribution >= 4 is 11.7 Å². The maximum absolute atomic E-state index is 13.0. The van der Waals surface area contributed by atoms with E-state index in [2.05, 4.69) is 48.0 Å². The molecule has 0 unspecified atom stereocenters. The molecule has 2 aliphatic heterocycles. The number of nitrogens with zero attached hydrogens (tertiary/aromatic N) is 4. The van der Waals surface area contributed by atoms with E-state index in [4.69, 9.17) is 0 Å². The molecule has 0 saturated carbocycles. The molecule has 2 amide bonds. The first-order chi connectivity index (χ1) is 12.0. The highest BCUT2D eigenvalue weighted by Crippen LogP contribution is 2.30. The van der Waals surface area contributed by atoms with Crippen LogP contribution in [0, 0.1) is 11.8 Å². The molecule has 140 valence electrons. The van der Waals surface area contributed by atoms with Crippen LogP contribution in [0.4, 0.5) is 10.5 Å². The van der Waals surface area contributed by atoms with E-state index in [1.165, 1.54) is 6.42 Å². The molecule has 0 aliphatic carbocycles. The number of likely N-dealkylation sites (tertiary alicyclic amines) is 2. The van der Waals surface area contributed by atoms with Crippen molar-refractivity contribution in [2.24, 2.45) is 11.8 Å². The second kappa shape index (κ2) is 7.77. The van der Waals surface area contributed by atoms with Gasteiger partial charge in [0.15, 0.2) is 0 Å². The Balaban J connectivity index is 1.70. The summed E-state index contributed by atoms with van der Waals surface area (Å²) in [5, 5.41) is 7.65. The van der Waals surface area contributed by atoms with Gasteiger partial charge in [-0.25, -0.2) is 4.79 Å². The van der Waals surface area contributed by atoms with Gasteiger partial charge in [0.25, 0.3) is 0 Å². The minimum absolute atomic E-state index is 0.0538. The lowest BCUT2D eigenvalue weighted by atomic mass is 9.84. The first kappa shape index (κ1) is 18.2. The molecule has 2 saturated heterocycles. The van der Waals surface area contributed by atoms with Crippen LogP contribution in [-0.2, 0) is 13.0 Å². The van der Waals surface area contributed by atoms with Crippen molar-refractivity contribution < 1.29 is 4.79 Å². The van der Waals surface area contributed by atoms with Gasteiger partial charge in [-0.3, -0.25) is 4.68 Å². The van der Waals surface area contributed by atoms with E-state index in [0.717, 1.165) is 56.8 Å². The van der Waals surface area contributed by atoms with E-state index in [1.807, 2.05) is 10.9 Å². The Morgan fingerprint density at radius 3 is 2.88 bits per heavy atom. The molecule has 2 fully saturated rings. The first-order valence-electron chi connectivity index (χ1n) is 9.80. The molecule has 3 heterocycles. The van der Waals surface area contributed by atoms with Crippen LogP contribution in [0.2, 0.25) is 0 Å². The van der Waals surface area contributed by atoms with E-state index in [1.54, 1.807) is 0 Å². The highest BCUT2D eigenvalue weighted by atomic mass is 16.2. The second-order valence-corrected chi connectivity index (χ2v) is 8.08. The largest absolute Gasteiger partial charge is 0.322 e. The Morgan fingerprint density at radius 1 is 1.36 bits per heavy atom. The number of aromatic nitrogens is 2. The zero-order chi connectivity index (χ0) is 18.0. The minimum atomic E-state index is 0.0538. The number of hydrogen-bond acceptors (Lipinski definition) is 3. The Morgan fingerprint density at radius 2 is 2.16 bits per heavy atom. The third-order valence-electron chi connectivity index (χ3n) is 5.60. The summed E-state index contributed by atoms with van der Waals surface area (Å²) in [6.45, 7) is 10.5. The summed E-state index contributed by atoms with van der Waals surface area (Å²) in [4.78, 5) is 17.4. The fourth-order valence-electron chi connectivity index (χ4n) is 4.42. The van der Waals surface area contributed by atoms with Crippen LogP contribution < -0.4 is 5.32 Å². The summed E-state index contributed by atoms with van der Waals surface area (Å²) in [5.74, 6) is 1.16. The average Bonchev–Trinajstić information content (AvgIpc) is 2.94. The van der Waals surface area contributed by atoms with Gasteiger partial charge in [0.2, 0.25) is 0 Å². The van der Waals surface area contributed by atoms with Crippen molar-refractivity contribution in [2.75, 3.05) is 32.0 Å². The summed E-state index contributed by atoms with van der Waals surface area (Å²) >= 11 is 0. The summed E-state index contributed by atoms with van der Waals surface area (Å²) in [7, 11) is 2.19. The van der Waals surface area contributed by atoms with Crippen molar-refractivity contribution in [2.45, 2.75) is 59.0 Å². The van der Waals surface area contributed by atoms with Gasteiger partial charge in [0.05, 0.1) is 17.6 Å². The monoisotopic (exact) mass is 347 g/mol. The standard InChI is InChI=1S/C19H33N5O/c1-5-17-16(11-20-24(17)12-14(2)3)21-19(25)23-9-6-7-15-13-22(4)10-8-18(15)23/h11,14-15,18H,5-10,12-13H2,1-4H3,(H,21,25)/t15-,18-/m0/s1. The lowest BCUT2D eigenvalue weighted by molar-refractivity contribution is 0.0579. The van der Waals surface area contributed by atoms with Gasteiger partial charge < -0.3 is 15.1 Å². The molecule has 2 aliphatic rings. The minimum Gasteiger partial charge on any atom is -0.321 e. The number of amides is 2. The Bertz CT molecular complexity index is 597. The number of carbonyl (C=O) groups is 1. The number of fused-ring (bicyclic) bond motifs is 1. The van der Waals surface area contributed by atoms with E-state index in [-0.39, 0.29) is 6.03 Å². The Kier molecular flexibility index (Phi) is 5.67. The predicted molar refractivity (Wildman–Crippen MR) is 101 cm³/mol. The van der Waals surface area contributed by atoms with Crippen molar-refractivity contribution in [3.63, 3.8) is 0 Å². The van der Waals surface area contributed by atoms with Crippen LogP contribution in [0.3, 0.4) is 0 Å². The topological polar surface area (TPSA) is 53.4 Å². The Hall–Kier alpha value is -1.56. The summed E-state index contributed by atoms with van der Waals surface area (Å²) in [6, 6.07) is 0.443. The van der Waals surface area contributed by atoms with Gasteiger partial charge in [-0.2, -0.15) is 5.10 Å². The van der Waals surface area contributed by atoms with Crippen molar-refractivity contribution in [3.8, 4) is 0 Å². The molecule has 2 atom stereocenters. The molecule has 25 heavy (non-hydrogen) atoms. The van der Waals surface area contributed by atoms with Gasteiger partial charge in [-0.15, -0.1) is 0 Å². The predicted octanol–water partition coefficient (Wildman–Crippen LogP) is 3.05. The van der Waals surface area contributed by atoms with Gasteiger partial charge in [0, 0.05) is 25.7 Å². The van der Waals surface area contributed by atoms with Crippen molar-refractivity contribution in [1.82, 2.24) is 19.6 Å². The van der Waals surface area contributed by atoms with E-state index < -0.39 is 0 Å². The molecule has 0 aromatic carbocycles. The number of hydrogen-bond donors (Lipinski definition) is 1. The fraction of sp³-hybridized carbons (Fsp3) is 0.789. The number of anilines is 1. The van der Waals surface area contributed by atoms with E-state index in [0.29, 0.717) is 17.9 Å². The number of piperidine rings is 2. The number of rotatable bonds is 4. The van der Waals surface area contributed by atoms with Crippen LogP contribution in [0.1, 0.15) is 45.7 Å². The number of carbonyl (C=O) groups excluding carboxylic acids is 1. The first-order valence-corrected chi connectivity index (χ1v) is 9.80. The highest BCUT2D eigenvalue weighted by Gasteiger charge is 2.37. The summed E-state index contributed by atoms with van der Waals surface area (Å²) in [5.41, 5.74) is 2.00. The van der Waals surface area contributed by atoms with Crippen LogP contribution >= 0.6 is 0 Å².